The molecule has 1 saturated carbocycles. The average Bonchev–Trinajstić information content (AvgIpc) is 2.83. The van der Waals surface area contributed by atoms with Gasteiger partial charge in [0.25, 0.3) is 5.91 Å². The van der Waals surface area contributed by atoms with Crippen LogP contribution >= 0.6 is 11.6 Å². The van der Waals surface area contributed by atoms with Gasteiger partial charge in [0, 0.05) is 5.69 Å². The largest absolute Gasteiger partial charge is 0.495 e. The van der Waals surface area contributed by atoms with Crippen molar-refractivity contribution < 1.29 is 19.1 Å². The van der Waals surface area contributed by atoms with Crippen LogP contribution in [0.1, 0.15) is 32.6 Å². The first-order chi connectivity index (χ1) is 12.4. The van der Waals surface area contributed by atoms with Crippen LogP contribution in [0.5, 0.6) is 5.75 Å². The zero-order valence-corrected chi connectivity index (χ0v) is 15.6. The molecule has 2 atom stereocenters. The highest BCUT2D eigenvalue weighted by Crippen LogP contribution is 2.38. The molecule has 0 unspecified atom stereocenters. The van der Waals surface area contributed by atoms with E-state index >= 15 is 0 Å². The van der Waals surface area contributed by atoms with Gasteiger partial charge >= 0.3 is 6.03 Å². The Kier molecular flexibility index (Phi) is 5.09. The van der Waals surface area contributed by atoms with Gasteiger partial charge in [0.2, 0.25) is 5.91 Å². The van der Waals surface area contributed by atoms with Crippen molar-refractivity contribution in [3.05, 3.63) is 23.2 Å². The molecule has 2 fully saturated rings. The van der Waals surface area contributed by atoms with Crippen LogP contribution < -0.4 is 15.4 Å². The van der Waals surface area contributed by atoms with E-state index in [9.17, 15) is 14.4 Å². The summed E-state index contributed by atoms with van der Waals surface area (Å²) < 4.78 is 5.06. The van der Waals surface area contributed by atoms with Gasteiger partial charge < -0.3 is 15.4 Å². The first-order valence-electron chi connectivity index (χ1n) is 8.65. The van der Waals surface area contributed by atoms with Crippen LogP contribution in [0.4, 0.5) is 10.5 Å². The number of halogens is 1. The summed E-state index contributed by atoms with van der Waals surface area (Å²) in [7, 11) is 1.50. The number of hydrogen-bond donors (Lipinski definition) is 2. The highest BCUT2D eigenvalue weighted by molar-refractivity contribution is 6.32. The van der Waals surface area contributed by atoms with Crippen LogP contribution in [0.3, 0.4) is 0 Å². The number of ether oxygens (including phenoxy) is 1. The van der Waals surface area contributed by atoms with E-state index in [0.717, 1.165) is 24.2 Å². The lowest BCUT2D eigenvalue weighted by Crippen LogP contribution is -2.54. The van der Waals surface area contributed by atoms with E-state index in [2.05, 4.69) is 10.6 Å². The fourth-order valence-electron chi connectivity index (χ4n) is 3.73. The Labute approximate surface area is 157 Å². The number of amides is 4. The Morgan fingerprint density at radius 2 is 2.19 bits per heavy atom. The molecule has 1 aliphatic heterocycles. The minimum Gasteiger partial charge on any atom is -0.495 e. The van der Waals surface area contributed by atoms with Crippen molar-refractivity contribution in [2.75, 3.05) is 19.0 Å². The second kappa shape index (κ2) is 7.15. The van der Waals surface area contributed by atoms with Crippen molar-refractivity contribution in [2.45, 2.75) is 38.1 Å². The first kappa shape index (κ1) is 18.5. The van der Waals surface area contributed by atoms with Crippen molar-refractivity contribution in [3.8, 4) is 5.75 Å². The fraction of sp³-hybridized carbons (Fsp3) is 0.500. The Morgan fingerprint density at radius 1 is 1.42 bits per heavy atom. The summed E-state index contributed by atoms with van der Waals surface area (Å²) in [6, 6.07) is 4.31. The smallest absolute Gasteiger partial charge is 0.325 e. The predicted molar refractivity (Wildman–Crippen MR) is 97.2 cm³/mol. The minimum absolute atomic E-state index is 0.0566. The number of carbonyl (C=O) groups is 3. The van der Waals surface area contributed by atoms with Gasteiger partial charge in [-0.2, -0.15) is 0 Å². The van der Waals surface area contributed by atoms with Gasteiger partial charge in [0.1, 0.15) is 17.8 Å². The number of benzene rings is 1. The summed E-state index contributed by atoms with van der Waals surface area (Å²) in [5.41, 5.74) is -0.396. The molecule has 2 N–H and O–H groups in total. The standard InChI is InChI=1S/C18H22ClN3O4/c1-11-5-3-4-8-18(11)16(24)22(17(25)21-18)10-15(23)20-12-6-7-14(26-2)13(19)9-12/h6-7,9,11H,3-5,8,10H2,1-2H3,(H,20,23)(H,21,25)/t11-,18-/m0/s1. The lowest BCUT2D eigenvalue weighted by atomic mass is 9.73. The maximum absolute atomic E-state index is 12.9. The number of imide groups is 1. The van der Waals surface area contributed by atoms with E-state index in [-0.39, 0.29) is 18.4 Å². The molecule has 26 heavy (non-hydrogen) atoms. The third kappa shape index (κ3) is 3.23. The number of methoxy groups -OCH3 is 1. The number of rotatable bonds is 4. The highest BCUT2D eigenvalue weighted by atomic mass is 35.5. The number of nitrogens with one attached hydrogen (secondary N) is 2. The van der Waals surface area contributed by atoms with E-state index < -0.39 is 17.5 Å². The zero-order valence-electron chi connectivity index (χ0n) is 14.8. The van der Waals surface area contributed by atoms with E-state index in [4.69, 9.17) is 16.3 Å². The predicted octanol–water partition coefficient (Wildman–Crippen LogP) is 2.79. The molecule has 1 heterocycles. The molecule has 0 aromatic heterocycles. The van der Waals surface area contributed by atoms with Crippen LogP contribution in [0, 0.1) is 5.92 Å². The van der Waals surface area contributed by atoms with Gasteiger partial charge in [-0.05, 0) is 37.0 Å². The second-order valence-electron chi connectivity index (χ2n) is 6.84. The van der Waals surface area contributed by atoms with Crippen LogP contribution in [0.2, 0.25) is 5.02 Å². The molecule has 1 aromatic rings. The third-order valence-corrected chi connectivity index (χ3v) is 5.53. The third-order valence-electron chi connectivity index (χ3n) is 5.24. The summed E-state index contributed by atoms with van der Waals surface area (Å²) in [5, 5.41) is 5.84. The van der Waals surface area contributed by atoms with E-state index in [1.807, 2.05) is 6.92 Å². The SMILES string of the molecule is COc1ccc(NC(=O)CN2C(=O)N[C@]3(CCCC[C@@H]3C)C2=O)cc1Cl. The van der Waals surface area contributed by atoms with Gasteiger partial charge in [0.05, 0.1) is 12.1 Å². The molecule has 1 aromatic carbocycles. The summed E-state index contributed by atoms with van der Waals surface area (Å²) in [4.78, 5) is 38.5. The highest BCUT2D eigenvalue weighted by Gasteiger charge is 2.55. The number of carbonyl (C=O) groups excluding carboxylic acids is 3. The summed E-state index contributed by atoms with van der Waals surface area (Å²) in [5.74, 6) is -0.221. The van der Waals surface area contributed by atoms with Crippen molar-refractivity contribution in [1.82, 2.24) is 10.2 Å². The summed E-state index contributed by atoms with van der Waals surface area (Å²) >= 11 is 6.04. The van der Waals surface area contributed by atoms with E-state index in [1.165, 1.54) is 7.11 Å². The molecule has 7 nitrogen and oxygen atoms in total. The van der Waals surface area contributed by atoms with Gasteiger partial charge in [0.15, 0.2) is 0 Å². The lowest BCUT2D eigenvalue weighted by molar-refractivity contribution is -0.136. The van der Waals surface area contributed by atoms with Crippen molar-refractivity contribution in [1.29, 1.82) is 0 Å². The van der Waals surface area contributed by atoms with E-state index in [0.29, 0.717) is 22.9 Å². The van der Waals surface area contributed by atoms with Gasteiger partial charge in [-0.25, -0.2) is 4.79 Å². The first-order valence-corrected chi connectivity index (χ1v) is 9.02. The number of urea groups is 1. The maximum atomic E-state index is 12.9. The Morgan fingerprint density at radius 3 is 2.85 bits per heavy atom. The molecular formula is C18H22ClN3O4. The summed E-state index contributed by atoms with van der Waals surface area (Å²) in [6.07, 6.45) is 3.44. The van der Waals surface area contributed by atoms with Crippen molar-refractivity contribution in [3.63, 3.8) is 0 Å². The van der Waals surface area contributed by atoms with Gasteiger partial charge in [-0.3, -0.25) is 14.5 Å². The second-order valence-corrected chi connectivity index (χ2v) is 7.24. The van der Waals surface area contributed by atoms with Crippen molar-refractivity contribution in [2.24, 2.45) is 5.92 Å². The Balaban J connectivity index is 1.68. The minimum atomic E-state index is -0.862. The van der Waals surface area contributed by atoms with Gasteiger partial charge in [-0.1, -0.05) is 31.4 Å². The van der Waals surface area contributed by atoms with Crippen LogP contribution in [-0.4, -0.2) is 41.9 Å². The van der Waals surface area contributed by atoms with Crippen LogP contribution in [0.15, 0.2) is 18.2 Å². The Hall–Kier alpha value is -2.28. The fourth-order valence-corrected chi connectivity index (χ4v) is 3.98. The molecular weight excluding hydrogens is 358 g/mol. The molecule has 1 spiro atoms. The molecule has 1 aliphatic carbocycles. The Bertz CT molecular complexity index is 754. The number of anilines is 1. The topological polar surface area (TPSA) is 87.7 Å². The molecule has 8 heteroatoms. The molecule has 140 valence electrons. The molecule has 0 bridgehead atoms. The zero-order chi connectivity index (χ0) is 18.9. The van der Waals surface area contributed by atoms with Crippen molar-refractivity contribution >= 4 is 35.1 Å². The maximum Gasteiger partial charge on any atom is 0.325 e. The molecule has 4 amide bonds. The molecule has 2 aliphatic rings. The van der Waals surface area contributed by atoms with Gasteiger partial charge in [-0.15, -0.1) is 0 Å². The lowest BCUT2D eigenvalue weighted by Gasteiger charge is -2.36. The van der Waals surface area contributed by atoms with E-state index in [1.54, 1.807) is 18.2 Å². The van der Waals surface area contributed by atoms with Crippen LogP contribution in [0.25, 0.3) is 0 Å². The molecule has 0 radical (unpaired) electrons. The summed E-state index contributed by atoms with van der Waals surface area (Å²) in [6.45, 7) is 1.64. The molecule has 1 saturated heterocycles. The normalized spacial score (nSPS) is 25.3. The monoisotopic (exact) mass is 379 g/mol. The molecule has 3 rings (SSSR count). The quantitative estimate of drug-likeness (QED) is 0.787. The van der Waals surface area contributed by atoms with Crippen LogP contribution in [-0.2, 0) is 9.59 Å². The number of nitrogens with zero attached hydrogens (tertiary/aromatic N) is 1. The number of hydrogen-bond acceptors (Lipinski definition) is 4. The average molecular weight is 380 g/mol.